The van der Waals surface area contributed by atoms with E-state index in [0.29, 0.717) is 11.3 Å². The van der Waals surface area contributed by atoms with Crippen molar-refractivity contribution in [2.45, 2.75) is 4.21 Å². The van der Waals surface area contributed by atoms with Crippen molar-refractivity contribution < 1.29 is 17.7 Å². The molecule has 0 radical (unpaired) electrons. The first-order valence-corrected chi connectivity index (χ1v) is 7.60. The number of nitriles is 1. The number of nitrogens with one attached hydrogen (secondary N) is 1. The van der Waals surface area contributed by atoms with E-state index in [4.69, 9.17) is 5.26 Å². The zero-order chi connectivity index (χ0) is 15.6. The molecular formula is C11H6FN3O4S2. The highest BCUT2D eigenvalue weighted by Gasteiger charge is 2.20. The predicted molar refractivity (Wildman–Crippen MR) is 72.9 cm³/mol. The fraction of sp³-hybridized carbons (Fsp3) is 0. The fourth-order valence-electron chi connectivity index (χ4n) is 1.42. The van der Waals surface area contributed by atoms with Crippen LogP contribution in [0.1, 0.15) is 4.88 Å². The molecule has 0 amide bonds. The molecule has 0 aliphatic carbocycles. The summed E-state index contributed by atoms with van der Waals surface area (Å²) in [6, 6.07) is 6.79. The van der Waals surface area contributed by atoms with Gasteiger partial charge in [0.1, 0.15) is 21.0 Å². The summed E-state index contributed by atoms with van der Waals surface area (Å²) in [7, 11) is -4.11. The summed E-state index contributed by atoms with van der Waals surface area (Å²) in [6.45, 7) is 0. The zero-order valence-corrected chi connectivity index (χ0v) is 11.7. The second-order valence-electron chi connectivity index (χ2n) is 3.76. The van der Waals surface area contributed by atoms with Gasteiger partial charge in [-0.3, -0.25) is 14.8 Å². The zero-order valence-electron chi connectivity index (χ0n) is 10.1. The number of nitro benzene ring substituents is 1. The topological polar surface area (TPSA) is 113 Å². The molecule has 2 aromatic rings. The Balaban J connectivity index is 2.39. The van der Waals surface area contributed by atoms with Gasteiger partial charge in [-0.1, -0.05) is 0 Å². The molecule has 0 aliphatic rings. The number of halogens is 1. The van der Waals surface area contributed by atoms with Crippen LogP contribution in [0, 0.1) is 27.3 Å². The number of nitrogens with zero attached hydrogens (tertiary/aromatic N) is 2. The quantitative estimate of drug-likeness (QED) is 0.684. The monoisotopic (exact) mass is 327 g/mol. The molecule has 0 aliphatic heterocycles. The smallest absolute Gasteiger partial charge is 0.271 e. The van der Waals surface area contributed by atoms with Crippen LogP contribution in [-0.4, -0.2) is 13.3 Å². The Morgan fingerprint density at radius 3 is 2.62 bits per heavy atom. The third kappa shape index (κ3) is 3.15. The first-order valence-electron chi connectivity index (χ1n) is 5.30. The molecule has 1 heterocycles. The highest BCUT2D eigenvalue weighted by molar-refractivity contribution is 7.94. The van der Waals surface area contributed by atoms with Gasteiger partial charge in [-0.25, -0.2) is 12.8 Å². The Hall–Kier alpha value is -2.51. The second kappa shape index (κ2) is 5.47. The van der Waals surface area contributed by atoms with Gasteiger partial charge in [0, 0.05) is 12.1 Å². The average molecular weight is 327 g/mol. The number of nitro groups is 1. The molecule has 21 heavy (non-hydrogen) atoms. The molecule has 0 unspecified atom stereocenters. The molecule has 7 nitrogen and oxygen atoms in total. The van der Waals surface area contributed by atoms with Gasteiger partial charge in [-0.15, -0.1) is 11.3 Å². The molecule has 108 valence electrons. The van der Waals surface area contributed by atoms with Gasteiger partial charge in [0.15, 0.2) is 0 Å². The number of non-ortho nitro benzene ring substituents is 1. The molecule has 0 saturated carbocycles. The van der Waals surface area contributed by atoms with Crippen molar-refractivity contribution in [2.75, 3.05) is 4.72 Å². The van der Waals surface area contributed by atoms with Gasteiger partial charge in [0.25, 0.3) is 15.7 Å². The maximum Gasteiger partial charge on any atom is 0.271 e. The lowest BCUT2D eigenvalue weighted by Crippen LogP contribution is -2.12. The van der Waals surface area contributed by atoms with E-state index in [1.807, 2.05) is 4.72 Å². The SMILES string of the molecule is N#Cc1ccc(S(=O)(=O)Nc2cc([N+](=O)[O-])ccc2F)s1. The lowest BCUT2D eigenvalue weighted by atomic mass is 10.3. The minimum absolute atomic E-state index is 0.176. The van der Waals surface area contributed by atoms with Crippen molar-refractivity contribution in [1.29, 1.82) is 5.26 Å². The maximum atomic E-state index is 13.6. The van der Waals surface area contributed by atoms with Gasteiger partial charge >= 0.3 is 0 Å². The van der Waals surface area contributed by atoms with Crippen LogP contribution < -0.4 is 4.72 Å². The number of benzene rings is 1. The van der Waals surface area contributed by atoms with E-state index < -0.39 is 32.1 Å². The first kappa shape index (κ1) is 14.9. The molecule has 10 heteroatoms. The van der Waals surface area contributed by atoms with E-state index in [2.05, 4.69) is 0 Å². The van der Waals surface area contributed by atoms with Gasteiger partial charge in [0.2, 0.25) is 0 Å². The Kier molecular flexibility index (Phi) is 3.88. The van der Waals surface area contributed by atoms with E-state index in [0.717, 1.165) is 18.2 Å². The number of rotatable bonds is 4. The summed E-state index contributed by atoms with van der Waals surface area (Å²) in [4.78, 5) is 10.0. The highest BCUT2D eigenvalue weighted by Crippen LogP contribution is 2.27. The van der Waals surface area contributed by atoms with Gasteiger partial charge in [-0.05, 0) is 18.2 Å². The van der Waals surface area contributed by atoms with Crippen molar-refractivity contribution in [3.63, 3.8) is 0 Å². The van der Waals surface area contributed by atoms with E-state index in [1.165, 1.54) is 12.1 Å². The third-order valence-electron chi connectivity index (χ3n) is 2.36. The van der Waals surface area contributed by atoms with Crippen molar-refractivity contribution in [2.24, 2.45) is 0 Å². The van der Waals surface area contributed by atoms with Crippen LogP contribution in [0.25, 0.3) is 0 Å². The van der Waals surface area contributed by atoms with Crippen LogP contribution in [0.2, 0.25) is 0 Å². The summed E-state index contributed by atoms with van der Waals surface area (Å²) in [5, 5.41) is 19.3. The summed E-state index contributed by atoms with van der Waals surface area (Å²) in [6.07, 6.45) is 0. The van der Waals surface area contributed by atoms with Crippen LogP contribution >= 0.6 is 11.3 Å². The van der Waals surface area contributed by atoms with Gasteiger partial charge in [-0.2, -0.15) is 5.26 Å². The Morgan fingerprint density at radius 1 is 1.33 bits per heavy atom. The molecule has 0 bridgehead atoms. The van der Waals surface area contributed by atoms with E-state index in [-0.39, 0.29) is 9.09 Å². The Bertz CT molecular complexity index is 855. The number of anilines is 1. The first-order chi connectivity index (χ1) is 9.83. The van der Waals surface area contributed by atoms with Gasteiger partial charge in [0.05, 0.1) is 10.6 Å². The molecule has 0 atom stereocenters. The molecule has 0 fully saturated rings. The minimum atomic E-state index is -4.11. The lowest BCUT2D eigenvalue weighted by Gasteiger charge is -2.06. The number of thiophene rings is 1. The Labute approximate surface area is 122 Å². The van der Waals surface area contributed by atoms with E-state index in [1.54, 1.807) is 6.07 Å². The Morgan fingerprint density at radius 2 is 2.05 bits per heavy atom. The van der Waals surface area contributed by atoms with Crippen molar-refractivity contribution >= 4 is 32.7 Å². The molecule has 1 aromatic heterocycles. The molecule has 1 aromatic carbocycles. The number of hydrogen-bond donors (Lipinski definition) is 1. The van der Waals surface area contributed by atoms with Crippen LogP contribution in [-0.2, 0) is 10.0 Å². The normalized spacial score (nSPS) is 10.9. The summed E-state index contributed by atoms with van der Waals surface area (Å²) < 4.78 is 39.3. The van der Waals surface area contributed by atoms with E-state index in [9.17, 15) is 22.9 Å². The maximum absolute atomic E-state index is 13.6. The van der Waals surface area contributed by atoms with Crippen LogP contribution in [0.5, 0.6) is 0 Å². The van der Waals surface area contributed by atoms with Crippen LogP contribution in [0.3, 0.4) is 0 Å². The predicted octanol–water partition coefficient (Wildman–Crippen LogP) is 2.47. The summed E-state index contributed by atoms with van der Waals surface area (Å²) in [5.41, 5.74) is -0.978. The van der Waals surface area contributed by atoms with Crippen molar-refractivity contribution in [3.8, 4) is 6.07 Å². The van der Waals surface area contributed by atoms with Crippen molar-refractivity contribution in [3.05, 3.63) is 51.1 Å². The molecule has 0 spiro atoms. The van der Waals surface area contributed by atoms with Gasteiger partial charge < -0.3 is 0 Å². The molecule has 1 N–H and O–H groups in total. The largest absolute Gasteiger partial charge is 0.276 e. The van der Waals surface area contributed by atoms with Crippen molar-refractivity contribution in [1.82, 2.24) is 0 Å². The highest BCUT2D eigenvalue weighted by atomic mass is 32.2. The average Bonchev–Trinajstić information content (AvgIpc) is 2.90. The third-order valence-corrected chi connectivity index (χ3v) is 5.21. The standard InChI is InChI=1S/C11H6FN3O4S2/c12-9-3-1-7(15(16)17)5-10(9)14-21(18,19)11-4-2-8(6-13)20-11/h1-5,14H. The fourth-order valence-corrected chi connectivity index (χ4v) is 3.59. The summed E-state index contributed by atoms with van der Waals surface area (Å²) >= 11 is 0.708. The van der Waals surface area contributed by atoms with Crippen LogP contribution in [0.4, 0.5) is 15.8 Å². The number of sulfonamides is 1. The van der Waals surface area contributed by atoms with E-state index >= 15 is 0 Å². The van der Waals surface area contributed by atoms with Crippen LogP contribution in [0.15, 0.2) is 34.5 Å². The summed E-state index contributed by atoms with van der Waals surface area (Å²) in [5.74, 6) is -0.943. The minimum Gasteiger partial charge on any atom is -0.276 e. The molecule has 2 rings (SSSR count). The molecule has 0 saturated heterocycles. The second-order valence-corrected chi connectivity index (χ2v) is 6.75. The number of hydrogen-bond acceptors (Lipinski definition) is 6. The lowest BCUT2D eigenvalue weighted by molar-refractivity contribution is -0.384. The molecular weight excluding hydrogens is 321 g/mol.